The third-order valence-corrected chi connectivity index (χ3v) is 5.56. The van der Waals surface area contributed by atoms with Gasteiger partial charge in [-0.15, -0.1) is 16.4 Å². The van der Waals surface area contributed by atoms with E-state index in [0.717, 1.165) is 21.7 Å². The lowest BCUT2D eigenvalue weighted by Gasteiger charge is -2.03. The molecule has 158 valence electrons. The minimum Gasteiger partial charge on any atom is -0.484 e. The molecule has 0 aliphatic carbocycles. The first-order valence-electron chi connectivity index (χ1n) is 9.57. The number of hydrogen-bond acceptors (Lipinski definition) is 7. The average Bonchev–Trinajstić information content (AvgIpc) is 3.28. The number of hydrogen-bond donors (Lipinski definition) is 1. The van der Waals surface area contributed by atoms with Gasteiger partial charge < -0.3 is 14.5 Å². The quantitative estimate of drug-likeness (QED) is 0.390. The minimum atomic E-state index is -0.288. The summed E-state index contributed by atoms with van der Waals surface area (Å²) in [5.74, 6) is 0.724. The summed E-state index contributed by atoms with van der Waals surface area (Å²) in [6.07, 6.45) is 0. The summed E-state index contributed by atoms with van der Waals surface area (Å²) in [5, 5.41) is 7.58. The lowest BCUT2D eigenvalue weighted by atomic mass is 10.1. The first-order valence-corrected chi connectivity index (χ1v) is 10.8. The SMILES string of the molecule is Cc1cccc(OCc2nn(CC(=O)Nc3nc(-c4ccccc4)c(C)s3)c(=S)o2)c1. The van der Waals surface area contributed by atoms with Crippen LogP contribution in [0.25, 0.3) is 11.3 Å². The standard InChI is InChI=1S/C22H20N4O3S2/c1-14-7-6-10-17(11-14)28-13-19-25-26(22(30)29-19)12-18(27)23-21-24-20(15(2)31-21)16-8-4-3-5-9-16/h3-11H,12-13H2,1-2H3,(H,23,24,27). The van der Waals surface area contributed by atoms with Crippen LogP contribution in [-0.2, 0) is 17.9 Å². The molecule has 0 atom stereocenters. The van der Waals surface area contributed by atoms with Gasteiger partial charge in [-0.1, -0.05) is 42.5 Å². The van der Waals surface area contributed by atoms with E-state index in [2.05, 4.69) is 15.4 Å². The third kappa shape index (κ3) is 5.25. The van der Waals surface area contributed by atoms with Crippen LogP contribution < -0.4 is 10.1 Å². The van der Waals surface area contributed by atoms with Gasteiger partial charge >= 0.3 is 0 Å². The number of rotatable bonds is 7. The van der Waals surface area contributed by atoms with Crippen LogP contribution >= 0.6 is 23.6 Å². The van der Waals surface area contributed by atoms with Crippen molar-refractivity contribution in [2.24, 2.45) is 0 Å². The summed E-state index contributed by atoms with van der Waals surface area (Å²) in [6.45, 7) is 4.00. The predicted molar refractivity (Wildman–Crippen MR) is 122 cm³/mol. The van der Waals surface area contributed by atoms with E-state index in [0.29, 0.717) is 16.8 Å². The normalized spacial score (nSPS) is 10.8. The molecule has 2 heterocycles. The fourth-order valence-corrected chi connectivity index (χ4v) is 4.02. The number of thiazole rings is 1. The van der Waals surface area contributed by atoms with E-state index in [-0.39, 0.29) is 23.9 Å². The van der Waals surface area contributed by atoms with Crippen LogP contribution in [0, 0.1) is 18.7 Å². The molecule has 2 aromatic heterocycles. The van der Waals surface area contributed by atoms with Gasteiger partial charge in [0, 0.05) is 10.4 Å². The van der Waals surface area contributed by atoms with Gasteiger partial charge in [0.15, 0.2) is 11.7 Å². The summed E-state index contributed by atoms with van der Waals surface area (Å²) in [6, 6.07) is 17.5. The molecule has 4 rings (SSSR count). The van der Waals surface area contributed by atoms with Gasteiger partial charge in [-0.05, 0) is 43.8 Å². The molecular weight excluding hydrogens is 432 g/mol. The molecule has 0 saturated carbocycles. The zero-order valence-electron chi connectivity index (χ0n) is 17.0. The highest BCUT2D eigenvalue weighted by atomic mass is 32.1. The molecule has 0 aliphatic heterocycles. The van der Waals surface area contributed by atoms with E-state index in [1.54, 1.807) is 0 Å². The van der Waals surface area contributed by atoms with Crippen molar-refractivity contribution >= 4 is 34.6 Å². The Kier molecular flexibility index (Phi) is 6.24. The van der Waals surface area contributed by atoms with E-state index in [1.165, 1.54) is 16.0 Å². The zero-order valence-corrected chi connectivity index (χ0v) is 18.6. The van der Waals surface area contributed by atoms with E-state index in [9.17, 15) is 4.79 Å². The molecule has 7 nitrogen and oxygen atoms in total. The summed E-state index contributed by atoms with van der Waals surface area (Å²) >= 11 is 6.60. The Labute approximate surface area is 188 Å². The second kappa shape index (κ2) is 9.23. The Bertz CT molecular complexity index is 1260. The van der Waals surface area contributed by atoms with Crippen molar-refractivity contribution in [2.75, 3.05) is 5.32 Å². The van der Waals surface area contributed by atoms with Gasteiger partial charge in [0.25, 0.3) is 10.7 Å². The number of benzene rings is 2. The molecule has 2 aromatic carbocycles. The molecule has 1 amide bonds. The number of nitrogens with one attached hydrogen (secondary N) is 1. The van der Waals surface area contributed by atoms with Crippen molar-refractivity contribution < 1.29 is 13.9 Å². The smallest absolute Gasteiger partial charge is 0.287 e. The summed E-state index contributed by atoms with van der Waals surface area (Å²) in [4.78, 5) is 18.2. The summed E-state index contributed by atoms with van der Waals surface area (Å²) in [7, 11) is 0. The van der Waals surface area contributed by atoms with Gasteiger partial charge in [-0.3, -0.25) is 4.79 Å². The molecule has 0 aliphatic rings. The van der Waals surface area contributed by atoms with Crippen molar-refractivity contribution in [3.63, 3.8) is 0 Å². The van der Waals surface area contributed by atoms with Crippen LogP contribution in [0.5, 0.6) is 5.75 Å². The maximum absolute atomic E-state index is 12.5. The molecule has 0 unspecified atom stereocenters. The van der Waals surface area contributed by atoms with Crippen molar-refractivity contribution in [1.82, 2.24) is 14.8 Å². The molecular formula is C22H20N4O3S2. The first-order chi connectivity index (χ1) is 15.0. The summed E-state index contributed by atoms with van der Waals surface area (Å²) in [5.41, 5.74) is 2.96. The van der Waals surface area contributed by atoms with Gasteiger partial charge in [-0.2, -0.15) is 0 Å². The predicted octanol–water partition coefficient (Wildman–Crippen LogP) is 5.16. The molecule has 0 fully saturated rings. The average molecular weight is 453 g/mol. The lowest BCUT2D eigenvalue weighted by molar-refractivity contribution is -0.117. The second-order valence-corrected chi connectivity index (χ2v) is 8.41. The van der Waals surface area contributed by atoms with Gasteiger partial charge in [0.05, 0.1) is 5.69 Å². The third-order valence-electron chi connectivity index (χ3n) is 4.38. The van der Waals surface area contributed by atoms with E-state index >= 15 is 0 Å². The van der Waals surface area contributed by atoms with Crippen molar-refractivity contribution in [2.45, 2.75) is 27.0 Å². The largest absolute Gasteiger partial charge is 0.484 e. The van der Waals surface area contributed by atoms with Crippen LogP contribution in [0.4, 0.5) is 5.13 Å². The second-order valence-electron chi connectivity index (χ2n) is 6.86. The number of aromatic nitrogens is 3. The van der Waals surface area contributed by atoms with Gasteiger partial charge in [0.1, 0.15) is 12.3 Å². The molecule has 1 N–H and O–H groups in total. The Balaban J connectivity index is 1.38. The van der Waals surface area contributed by atoms with E-state index in [1.807, 2.05) is 68.4 Å². The number of carbonyl (C=O) groups is 1. The fourth-order valence-electron chi connectivity index (χ4n) is 2.97. The monoisotopic (exact) mass is 452 g/mol. The number of aryl methyl sites for hydroxylation is 2. The van der Waals surface area contributed by atoms with Crippen LogP contribution in [-0.4, -0.2) is 20.7 Å². The van der Waals surface area contributed by atoms with Crippen LogP contribution in [0.1, 0.15) is 16.3 Å². The number of ether oxygens (including phenoxy) is 1. The van der Waals surface area contributed by atoms with E-state index < -0.39 is 0 Å². The highest BCUT2D eigenvalue weighted by molar-refractivity contribution is 7.71. The Morgan fingerprint density at radius 1 is 1.19 bits per heavy atom. The highest BCUT2D eigenvalue weighted by Gasteiger charge is 2.14. The van der Waals surface area contributed by atoms with Crippen LogP contribution in [0.15, 0.2) is 59.0 Å². The molecule has 4 aromatic rings. The fraction of sp³-hybridized carbons (Fsp3) is 0.182. The van der Waals surface area contributed by atoms with Gasteiger partial charge in [-0.25, -0.2) is 9.67 Å². The molecule has 0 bridgehead atoms. The van der Waals surface area contributed by atoms with Crippen molar-refractivity contribution in [3.8, 4) is 17.0 Å². The van der Waals surface area contributed by atoms with Crippen molar-refractivity contribution in [3.05, 3.63) is 75.8 Å². The van der Waals surface area contributed by atoms with Gasteiger partial charge in [0.2, 0.25) is 5.91 Å². The molecule has 9 heteroatoms. The Hall–Kier alpha value is -3.30. The van der Waals surface area contributed by atoms with Crippen molar-refractivity contribution in [1.29, 1.82) is 0 Å². The first kappa shape index (κ1) is 21.0. The Morgan fingerprint density at radius 2 is 2.00 bits per heavy atom. The number of carbonyl (C=O) groups excluding carboxylic acids is 1. The molecule has 0 saturated heterocycles. The maximum Gasteiger partial charge on any atom is 0.287 e. The molecule has 0 spiro atoms. The molecule has 31 heavy (non-hydrogen) atoms. The summed E-state index contributed by atoms with van der Waals surface area (Å²) < 4.78 is 12.5. The highest BCUT2D eigenvalue weighted by Crippen LogP contribution is 2.30. The number of anilines is 1. The number of amides is 1. The Morgan fingerprint density at radius 3 is 2.77 bits per heavy atom. The van der Waals surface area contributed by atoms with E-state index in [4.69, 9.17) is 21.4 Å². The van der Waals surface area contributed by atoms with Crippen LogP contribution in [0.3, 0.4) is 0 Å². The topological polar surface area (TPSA) is 82.2 Å². The van der Waals surface area contributed by atoms with Crippen LogP contribution in [0.2, 0.25) is 0 Å². The lowest BCUT2D eigenvalue weighted by Crippen LogP contribution is -2.19. The maximum atomic E-state index is 12.5. The zero-order chi connectivity index (χ0) is 21.8. The molecule has 0 radical (unpaired) electrons. The number of nitrogens with zero attached hydrogens (tertiary/aromatic N) is 3. The minimum absolute atomic E-state index is 0.0773.